The van der Waals surface area contributed by atoms with E-state index in [9.17, 15) is 4.79 Å². The van der Waals surface area contributed by atoms with Gasteiger partial charge in [0.15, 0.2) is 0 Å². The zero-order valence-electron chi connectivity index (χ0n) is 10.0. The molecule has 0 saturated heterocycles. The number of hydrogen-bond donors (Lipinski definition) is 0. The number of esters is 1. The maximum Gasteiger partial charge on any atom is 0.330 e. The van der Waals surface area contributed by atoms with E-state index in [1.165, 1.54) is 25.3 Å². The van der Waals surface area contributed by atoms with Crippen LogP contribution in [0, 0.1) is 0 Å². The molecule has 1 aliphatic heterocycles. The van der Waals surface area contributed by atoms with Crippen LogP contribution in [0.5, 0.6) is 0 Å². The van der Waals surface area contributed by atoms with Crippen molar-refractivity contribution in [2.24, 2.45) is 0 Å². The summed E-state index contributed by atoms with van der Waals surface area (Å²) in [6, 6.07) is 0. The van der Waals surface area contributed by atoms with E-state index in [0.717, 1.165) is 6.42 Å². The van der Waals surface area contributed by atoms with Crippen LogP contribution in [-0.4, -0.2) is 12.6 Å². The van der Waals surface area contributed by atoms with Crippen molar-refractivity contribution in [2.75, 3.05) is 6.61 Å². The predicted octanol–water partition coefficient (Wildman–Crippen LogP) is 3.71. The number of hydrogen-bond acceptors (Lipinski definition) is 2. The van der Waals surface area contributed by atoms with Crippen LogP contribution in [0.15, 0.2) is 12.2 Å². The van der Waals surface area contributed by atoms with E-state index in [4.69, 9.17) is 0 Å². The van der Waals surface area contributed by atoms with Crippen molar-refractivity contribution in [1.82, 2.24) is 0 Å². The molecule has 1 heterocycles. The second-order valence-electron chi connectivity index (χ2n) is 2.71. The van der Waals surface area contributed by atoms with Crippen LogP contribution in [0.1, 0.15) is 53.4 Å². The lowest BCUT2D eigenvalue weighted by Crippen LogP contribution is -2.05. The fourth-order valence-corrected chi connectivity index (χ4v) is 0.809. The van der Waals surface area contributed by atoms with Crippen LogP contribution in [0.3, 0.4) is 0 Å². The van der Waals surface area contributed by atoms with Crippen LogP contribution >= 0.6 is 0 Å². The van der Waals surface area contributed by atoms with Gasteiger partial charge in [0.2, 0.25) is 0 Å². The summed E-state index contributed by atoms with van der Waals surface area (Å²) in [6.45, 7) is 8.97. The van der Waals surface area contributed by atoms with E-state index in [1.807, 2.05) is 19.9 Å². The number of carbonyl (C=O) groups excluding carboxylic acids is 1. The quantitative estimate of drug-likeness (QED) is 0.635. The maximum absolute atomic E-state index is 10.2. The topological polar surface area (TPSA) is 26.3 Å². The molecule has 0 aromatic rings. The van der Waals surface area contributed by atoms with Crippen LogP contribution in [0.2, 0.25) is 0 Å². The van der Waals surface area contributed by atoms with Crippen LogP contribution in [0.25, 0.3) is 0 Å². The molecule has 0 atom stereocenters. The van der Waals surface area contributed by atoms with Gasteiger partial charge >= 0.3 is 5.97 Å². The predicted molar refractivity (Wildman–Crippen MR) is 61.3 cm³/mol. The molecule has 0 radical (unpaired) electrons. The molecule has 2 nitrogen and oxygen atoms in total. The fraction of sp³-hybridized carbons (Fsp3) is 0.750. The van der Waals surface area contributed by atoms with E-state index < -0.39 is 0 Å². The Labute approximate surface area is 88.3 Å². The van der Waals surface area contributed by atoms with Crippen molar-refractivity contribution < 1.29 is 9.53 Å². The van der Waals surface area contributed by atoms with Crippen molar-refractivity contribution in [1.29, 1.82) is 0 Å². The molecule has 1 rings (SSSR count). The number of unbranched alkanes of at least 4 members (excludes halogenated alkanes) is 2. The van der Waals surface area contributed by atoms with Gasteiger partial charge in [-0.05, 0) is 0 Å². The highest BCUT2D eigenvalue weighted by Gasteiger charge is 1.98. The lowest BCUT2D eigenvalue weighted by atomic mass is 10.3. The summed E-state index contributed by atoms with van der Waals surface area (Å²) in [4.78, 5) is 10.2. The normalized spacial score (nSPS) is 13.0. The first-order chi connectivity index (χ1) is 6.81. The molecule has 1 aliphatic rings. The Morgan fingerprint density at radius 1 is 1.29 bits per heavy atom. The molecule has 0 saturated carbocycles. The monoisotopic (exact) mass is 200 g/mol. The van der Waals surface area contributed by atoms with Crippen molar-refractivity contribution in [3.05, 3.63) is 12.2 Å². The highest BCUT2D eigenvalue weighted by Crippen LogP contribution is 1.94. The summed E-state index contributed by atoms with van der Waals surface area (Å²) >= 11 is 0. The second-order valence-corrected chi connectivity index (χ2v) is 2.71. The van der Waals surface area contributed by atoms with E-state index in [0.29, 0.717) is 6.61 Å². The Balaban J connectivity index is 0. The van der Waals surface area contributed by atoms with Crippen LogP contribution in [-0.2, 0) is 9.53 Å². The molecule has 0 aliphatic carbocycles. The molecular weight excluding hydrogens is 176 g/mol. The largest absolute Gasteiger partial charge is 0.462 e. The van der Waals surface area contributed by atoms with Crippen molar-refractivity contribution in [3.8, 4) is 0 Å². The standard InChI is InChI=1S/C5H6O2.C5H12.C2H6/c6-5-3-1-2-4-7-5;1-3-5-4-2;1-2/h1,3H,2,4H2;3-5H2,1-2H3;1-2H3. The summed E-state index contributed by atoms with van der Waals surface area (Å²) in [5, 5.41) is 0. The number of carbonyl (C=O) groups is 1. The highest BCUT2D eigenvalue weighted by molar-refractivity contribution is 5.82. The Kier molecular flexibility index (Phi) is 16.5. The van der Waals surface area contributed by atoms with Crippen molar-refractivity contribution in [2.45, 2.75) is 53.4 Å². The minimum atomic E-state index is -0.216. The zero-order chi connectivity index (χ0) is 11.2. The summed E-state index contributed by atoms with van der Waals surface area (Å²) in [6.07, 6.45) is 8.20. The van der Waals surface area contributed by atoms with Crippen LogP contribution < -0.4 is 0 Å². The number of cyclic esters (lactones) is 1. The summed E-state index contributed by atoms with van der Waals surface area (Å²) < 4.78 is 4.55. The van der Waals surface area contributed by atoms with Gasteiger partial charge in [0, 0.05) is 12.5 Å². The molecule has 0 spiro atoms. The molecule has 84 valence electrons. The molecule has 2 heteroatoms. The Bertz CT molecular complexity index is 137. The SMILES string of the molecule is CC.CCCCC.O=C1C=CCCO1. The van der Waals surface area contributed by atoms with E-state index >= 15 is 0 Å². The van der Waals surface area contributed by atoms with Gasteiger partial charge in [0.05, 0.1) is 6.61 Å². The first-order valence-corrected chi connectivity index (χ1v) is 5.64. The number of rotatable bonds is 2. The second kappa shape index (κ2) is 14.7. The molecule has 0 aromatic heterocycles. The van der Waals surface area contributed by atoms with Gasteiger partial charge in [-0.15, -0.1) is 0 Å². The third kappa shape index (κ3) is 13.8. The molecule has 0 fully saturated rings. The molecule has 0 aromatic carbocycles. The summed E-state index contributed by atoms with van der Waals surface area (Å²) in [5.74, 6) is -0.216. The minimum absolute atomic E-state index is 0.216. The maximum atomic E-state index is 10.2. The van der Waals surface area contributed by atoms with Crippen molar-refractivity contribution >= 4 is 5.97 Å². The van der Waals surface area contributed by atoms with E-state index in [1.54, 1.807) is 0 Å². The smallest absolute Gasteiger partial charge is 0.330 e. The average Bonchev–Trinajstić information content (AvgIpc) is 2.24. The molecule has 0 N–H and O–H groups in total. The Morgan fingerprint density at radius 3 is 2.00 bits per heavy atom. The van der Waals surface area contributed by atoms with E-state index in [2.05, 4.69) is 18.6 Å². The van der Waals surface area contributed by atoms with Gasteiger partial charge in [0.1, 0.15) is 0 Å². The summed E-state index contributed by atoms with van der Waals surface area (Å²) in [5.41, 5.74) is 0. The first-order valence-electron chi connectivity index (χ1n) is 5.64. The average molecular weight is 200 g/mol. The number of ether oxygens (including phenoxy) is 1. The molecular formula is C12H24O2. The molecule has 14 heavy (non-hydrogen) atoms. The van der Waals surface area contributed by atoms with Gasteiger partial charge < -0.3 is 4.74 Å². The highest BCUT2D eigenvalue weighted by atomic mass is 16.5. The van der Waals surface area contributed by atoms with Gasteiger partial charge in [0.25, 0.3) is 0 Å². The minimum Gasteiger partial charge on any atom is -0.462 e. The molecule has 0 amide bonds. The molecule has 0 bridgehead atoms. The van der Waals surface area contributed by atoms with Crippen LogP contribution in [0.4, 0.5) is 0 Å². The van der Waals surface area contributed by atoms with E-state index in [-0.39, 0.29) is 5.97 Å². The lowest BCUT2D eigenvalue weighted by molar-refractivity contribution is -0.138. The Hall–Kier alpha value is -0.790. The summed E-state index contributed by atoms with van der Waals surface area (Å²) in [7, 11) is 0. The van der Waals surface area contributed by atoms with Gasteiger partial charge in [-0.1, -0.05) is 53.0 Å². The van der Waals surface area contributed by atoms with Gasteiger partial charge in [-0.25, -0.2) is 4.79 Å². The molecule has 0 unspecified atom stereocenters. The first kappa shape index (κ1) is 15.7. The van der Waals surface area contributed by atoms with Gasteiger partial charge in [-0.3, -0.25) is 0 Å². The van der Waals surface area contributed by atoms with Gasteiger partial charge in [-0.2, -0.15) is 0 Å². The zero-order valence-corrected chi connectivity index (χ0v) is 10.0. The van der Waals surface area contributed by atoms with Crippen molar-refractivity contribution in [3.63, 3.8) is 0 Å². The fourth-order valence-electron chi connectivity index (χ4n) is 0.809. The third-order valence-electron chi connectivity index (χ3n) is 1.49. The third-order valence-corrected chi connectivity index (χ3v) is 1.49. The lowest BCUT2D eigenvalue weighted by Gasteiger charge is -2.01. The Morgan fingerprint density at radius 2 is 1.86 bits per heavy atom.